The third-order valence-electron chi connectivity index (χ3n) is 4.22. The number of aromatic nitrogens is 4. The van der Waals surface area contributed by atoms with Gasteiger partial charge in [-0.2, -0.15) is 5.10 Å². The number of nitrogens with zero attached hydrogens (tertiary/aromatic N) is 4. The van der Waals surface area contributed by atoms with Gasteiger partial charge in [-0.1, -0.05) is 6.07 Å². The van der Waals surface area contributed by atoms with Gasteiger partial charge < -0.3 is 4.90 Å². The number of anilines is 1. The topological polar surface area (TPSA) is 83.4 Å². The molecule has 0 radical (unpaired) electrons. The fourth-order valence-electron chi connectivity index (χ4n) is 2.87. The summed E-state index contributed by atoms with van der Waals surface area (Å²) >= 11 is 0. The van der Waals surface area contributed by atoms with E-state index in [2.05, 4.69) is 15.2 Å². The number of pyridine rings is 1. The van der Waals surface area contributed by atoms with Gasteiger partial charge in [0.15, 0.2) is 5.03 Å². The number of hydrogen-bond donors (Lipinski definition) is 1. The SMILES string of the molecule is CN(C)c1ccc(S(=O)(=O)c2cnc3ccccn23)c(-c2ccn[nH]2)c1. The van der Waals surface area contributed by atoms with Crippen molar-refractivity contribution in [3.63, 3.8) is 0 Å². The number of hydrogen-bond acceptors (Lipinski definition) is 5. The van der Waals surface area contributed by atoms with Crippen LogP contribution >= 0.6 is 0 Å². The summed E-state index contributed by atoms with van der Waals surface area (Å²) in [5.41, 5.74) is 2.69. The second-order valence-electron chi connectivity index (χ2n) is 6.07. The summed E-state index contributed by atoms with van der Waals surface area (Å²) in [5.74, 6) is 0. The Labute approximate surface area is 150 Å². The van der Waals surface area contributed by atoms with E-state index in [1.165, 1.54) is 6.20 Å². The molecule has 26 heavy (non-hydrogen) atoms. The molecule has 0 unspecified atom stereocenters. The average Bonchev–Trinajstić information content (AvgIpc) is 3.31. The molecule has 3 heterocycles. The first-order valence-electron chi connectivity index (χ1n) is 7.97. The van der Waals surface area contributed by atoms with Crippen LogP contribution in [0.5, 0.6) is 0 Å². The maximum absolute atomic E-state index is 13.4. The molecule has 0 amide bonds. The van der Waals surface area contributed by atoms with Gasteiger partial charge in [0.2, 0.25) is 9.84 Å². The van der Waals surface area contributed by atoms with Crippen molar-refractivity contribution >= 4 is 21.2 Å². The highest BCUT2D eigenvalue weighted by Crippen LogP contribution is 2.33. The monoisotopic (exact) mass is 367 g/mol. The minimum atomic E-state index is -3.79. The van der Waals surface area contributed by atoms with Crippen LogP contribution in [0.25, 0.3) is 16.9 Å². The smallest absolute Gasteiger partial charge is 0.224 e. The van der Waals surface area contributed by atoms with Crippen LogP contribution in [0.1, 0.15) is 0 Å². The zero-order chi connectivity index (χ0) is 18.3. The Kier molecular flexibility index (Phi) is 3.77. The highest BCUT2D eigenvalue weighted by molar-refractivity contribution is 7.91. The standard InChI is InChI=1S/C18H17N5O2S/c1-22(2)13-6-7-16(14(11-13)15-8-9-20-21-15)26(24,25)18-12-19-17-5-3-4-10-23(17)18/h3-12H,1-2H3,(H,20,21). The average molecular weight is 367 g/mol. The molecular weight excluding hydrogens is 350 g/mol. The molecule has 4 aromatic rings. The molecule has 8 heteroatoms. The van der Waals surface area contributed by atoms with Crippen LogP contribution in [0.4, 0.5) is 5.69 Å². The third kappa shape index (κ3) is 2.55. The summed E-state index contributed by atoms with van der Waals surface area (Å²) in [6, 6.07) is 12.4. The lowest BCUT2D eigenvalue weighted by Gasteiger charge is -2.16. The Balaban J connectivity index is 1.97. The maximum Gasteiger partial charge on any atom is 0.224 e. The molecule has 0 aliphatic heterocycles. The van der Waals surface area contributed by atoms with Gasteiger partial charge in [-0.3, -0.25) is 9.50 Å². The van der Waals surface area contributed by atoms with E-state index >= 15 is 0 Å². The Hall–Kier alpha value is -3.13. The van der Waals surface area contributed by atoms with Gasteiger partial charge in [0.1, 0.15) is 5.65 Å². The van der Waals surface area contributed by atoms with Gasteiger partial charge in [-0.15, -0.1) is 0 Å². The van der Waals surface area contributed by atoms with Crippen LogP contribution in [0.3, 0.4) is 0 Å². The molecule has 0 saturated heterocycles. The van der Waals surface area contributed by atoms with E-state index in [9.17, 15) is 8.42 Å². The van der Waals surface area contributed by atoms with Crippen molar-refractivity contribution in [2.24, 2.45) is 0 Å². The summed E-state index contributed by atoms with van der Waals surface area (Å²) in [5, 5.41) is 6.95. The van der Waals surface area contributed by atoms with E-state index in [-0.39, 0.29) is 9.92 Å². The molecule has 3 aromatic heterocycles. The normalized spacial score (nSPS) is 11.8. The maximum atomic E-state index is 13.4. The molecule has 7 nitrogen and oxygen atoms in total. The van der Waals surface area contributed by atoms with Gasteiger partial charge in [0.25, 0.3) is 0 Å². The van der Waals surface area contributed by atoms with Crippen molar-refractivity contribution in [2.45, 2.75) is 9.92 Å². The minimum Gasteiger partial charge on any atom is -0.378 e. The van der Waals surface area contributed by atoms with Crippen molar-refractivity contribution in [1.82, 2.24) is 19.6 Å². The predicted octanol–water partition coefficient (Wildman–Crippen LogP) is 2.62. The fraction of sp³-hybridized carbons (Fsp3) is 0.111. The molecule has 1 N–H and O–H groups in total. The van der Waals surface area contributed by atoms with Gasteiger partial charge in [-0.05, 0) is 36.4 Å². The van der Waals surface area contributed by atoms with Crippen LogP contribution in [0.15, 0.2) is 71.0 Å². The van der Waals surface area contributed by atoms with Gasteiger partial charge in [-0.25, -0.2) is 13.4 Å². The van der Waals surface area contributed by atoms with E-state index in [1.54, 1.807) is 47.1 Å². The quantitative estimate of drug-likeness (QED) is 0.599. The summed E-state index contributed by atoms with van der Waals surface area (Å²) in [7, 11) is 0.0277. The molecule has 0 aliphatic carbocycles. The first-order valence-corrected chi connectivity index (χ1v) is 9.45. The number of sulfone groups is 1. The third-order valence-corrected chi connectivity index (χ3v) is 6.01. The van der Waals surface area contributed by atoms with E-state index in [0.717, 1.165) is 5.69 Å². The highest BCUT2D eigenvalue weighted by atomic mass is 32.2. The van der Waals surface area contributed by atoms with Crippen molar-refractivity contribution < 1.29 is 8.42 Å². The van der Waals surface area contributed by atoms with Crippen LogP contribution in [-0.4, -0.2) is 42.1 Å². The summed E-state index contributed by atoms with van der Waals surface area (Å²) in [4.78, 5) is 6.33. The lowest BCUT2D eigenvalue weighted by atomic mass is 10.1. The molecule has 0 spiro atoms. The highest BCUT2D eigenvalue weighted by Gasteiger charge is 2.26. The summed E-state index contributed by atoms with van der Waals surface area (Å²) < 4.78 is 28.4. The largest absolute Gasteiger partial charge is 0.378 e. The molecule has 0 saturated carbocycles. The zero-order valence-corrected chi connectivity index (χ0v) is 15.1. The van der Waals surface area contributed by atoms with Crippen LogP contribution in [0, 0.1) is 0 Å². The fourth-order valence-corrected chi connectivity index (χ4v) is 4.40. The molecule has 0 aliphatic rings. The number of benzene rings is 1. The Morgan fingerprint density at radius 3 is 2.69 bits per heavy atom. The van der Waals surface area contributed by atoms with Crippen molar-refractivity contribution in [3.05, 3.63) is 61.1 Å². The second kappa shape index (κ2) is 5.99. The van der Waals surface area contributed by atoms with E-state index in [0.29, 0.717) is 16.9 Å². The molecule has 0 fully saturated rings. The van der Waals surface area contributed by atoms with Gasteiger partial charge in [0.05, 0.1) is 16.8 Å². The first kappa shape index (κ1) is 16.3. The Morgan fingerprint density at radius 2 is 1.96 bits per heavy atom. The van der Waals surface area contributed by atoms with Crippen LogP contribution in [-0.2, 0) is 9.84 Å². The molecule has 0 bridgehead atoms. The second-order valence-corrected chi connectivity index (χ2v) is 7.94. The molecule has 4 rings (SSSR count). The predicted molar refractivity (Wildman–Crippen MR) is 99.0 cm³/mol. The van der Waals surface area contributed by atoms with Crippen LogP contribution in [0.2, 0.25) is 0 Å². The number of fused-ring (bicyclic) bond motifs is 1. The Morgan fingerprint density at radius 1 is 1.12 bits per heavy atom. The number of rotatable bonds is 4. The lowest BCUT2D eigenvalue weighted by Crippen LogP contribution is -2.11. The van der Waals surface area contributed by atoms with E-state index in [1.807, 2.05) is 31.1 Å². The van der Waals surface area contributed by atoms with Crippen LogP contribution < -0.4 is 4.90 Å². The van der Waals surface area contributed by atoms with Crippen molar-refractivity contribution in [1.29, 1.82) is 0 Å². The number of imidazole rings is 1. The Bertz CT molecular complexity index is 1180. The number of H-pyrrole nitrogens is 1. The zero-order valence-electron chi connectivity index (χ0n) is 14.3. The summed E-state index contributed by atoms with van der Waals surface area (Å²) in [6.45, 7) is 0. The minimum absolute atomic E-state index is 0.131. The lowest BCUT2D eigenvalue weighted by molar-refractivity contribution is 0.591. The number of nitrogens with one attached hydrogen (secondary N) is 1. The van der Waals surface area contributed by atoms with Gasteiger partial charge >= 0.3 is 0 Å². The number of aromatic amines is 1. The molecule has 1 aromatic carbocycles. The van der Waals surface area contributed by atoms with E-state index < -0.39 is 9.84 Å². The van der Waals surface area contributed by atoms with Crippen molar-refractivity contribution in [3.8, 4) is 11.3 Å². The molecule has 132 valence electrons. The molecular formula is C18H17N5O2S. The first-order chi connectivity index (χ1) is 12.5. The van der Waals surface area contributed by atoms with Crippen molar-refractivity contribution in [2.75, 3.05) is 19.0 Å². The van der Waals surface area contributed by atoms with Gasteiger partial charge in [0, 0.05) is 37.7 Å². The molecule has 0 atom stereocenters. The summed E-state index contributed by atoms with van der Waals surface area (Å²) in [6.07, 6.45) is 4.68. The van der Waals surface area contributed by atoms with E-state index in [4.69, 9.17) is 0 Å².